The van der Waals surface area contributed by atoms with Gasteiger partial charge in [0.1, 0.15) is 12.4 Å². The van der Waals surface area contributed by atoms with Gasteiger partial charge in [0.2, 0.25) is 0 Å². The van der Waals surface area contributed by atoms with Crippen molar-refractivity contribution in [3.05, 3.63) is 29.8 Å². The largest absolute Gasteiger partial charge is 0.494 e. The molecule has 5 heteroatoms. The normalized spacial score (nSPS) is 9.89. The first kappa shape index (κ1) is 14.3. The third kappa shape index (κ3) is 5.54. The summed E-state index contributed by atoms with van der Waals surface area (Å²) in [5.41, 5.74) is 0.899. The van der Waals surface area contributed by atoms with Crippen LogP contribution >= 0.6 is 0 Å². The molecule has 0 aliphatic rings. The maximum absolute atomic E-state index is 11.2. The number of amides is 1. The molecule has 0 aromatic heterocycles. The minimum Gasteiger partial charge on any atom is -0.494 e. The van der Waals surface area contributed by atoms with Crippen molar-refractivity contribution in [1.82, 2.24) is 5.32 Å². The van der Waals surface area contributed by atoms with Gasteiger partial charge in [-0.15, -0.1) is 0 Å². The molecule has 2 N–H and O–H groups in total. The molecule has 0 unspecified atom stereocenters. The van der Waals surface area contributed by atoms with Gasteiger partial charge in [-0.25, -0.2) is 4.79 Å². The maximum Gasteiger partial charge on any atom is 0.407 e. The van der Waals surface area contributed by atoms with Crippen molar-refractivity contribution >= 4 is 6.09 Å². The molecule has 0 radical (unpaired) electrons. The Bertz CT molecular complexity index is 351. The lowest BCUT2D eigenvalue weighted by Gasteiger charge is -2.07. The lowest BCUT2D eigenvalue weighted by atomic mass is 10.2. The van der Waals surface area contributed by atoms with Gasteiger partial charge in [0.15, 0.2) is 0 Å². The third-order valence-corrected chi connectivity index (χ3v) is 2.21. The van der Waals surface area contributed by atoms with Crippen LogP contribution in [0, 0.1) is 0 Å². The highest BCUT2D eigenvalue weighted by Gasteiger charge is 2.02. The Kier molecular flexibility index (Phi) is 6.64. The highest BCUT2D eigenvalue weighted by Crippen LogP contribution is 2.12. The number of alkyl carbamates (subject to hydrolysis) is 1. The summed E-state index contributed by atoms with van der Waals surface area (Å²) in [5, 5.41) is 11.1. The fraction of sp³-hybridized carbons (Fsp3) is 0.462. The van der Waals surface area contributed by atoms with Gasteiger partial charge in [-0.05, 0) is 31.0 Å². The van der Waals surface area contributed by atoms with E-state index in [1.54, 1.807) is 0 Å². The molecule has 0 atom stereocenters. The molecule has 0 aliphatic carbocycles. The van der Waals surface area contributed by atoms with Crippen molar-refractivity contribution in [1.29, 1.82) is 0 Å². The molecule has 0 fully saturated rings. The predicted molar refractivity (Wildman–Crippen MR) is 67.5 cm³/mol. The van der Waals surface area contributed by atoms with Gasteiger partial charge in [-0.1, -0.05) is 12.1 Å². The summed E-state index contributed by atoms with van der Waals surface area (Å²) in [5.74, 6) is 0.800. The van der Waals surface area contributed by atoms with Crippen molar-refractivity contribution in [2.75, 3.05) is 19.8 Å². The number of hydrogen-bond donors (Lipinski definition) is 2. The van der Waals surface area contributed by atoms with Crippen molar-refractivity contribution in [2.24, 2.45) is 0 Å². The second-order valence-electron chi connectivity index (χ2n) is 3.66. The predicted octanol–water partition coefficient (Wildman–Crippen LogP) is 1.69. The van der Waals surface area contributed by atoms with E-state index in [1.165, 1.54) is 0 Å². The Morgan fingerprint density at radius 3 is 2.67 bits per heavy atom. The van der Waals surface area contributed by atoms with E-state index in [1.807, 2.05) is 31.2 Å². The highest BCUT2D eigenvalue weighted by atomic mass is 16.5. The van der Waals surface area contributed by atoms with E-state index in [9.17, 15) is 4.79 Å². The number of nitrogens with one attached hydrogen (secondary N) is 1. The Hall–Kier alpha value is -1.75. The number of aliphatic hydroxyl groups is 1. The molecule has 0 bridgehead atoms. The molecule has 100 valence electrons. The van der Waals surface area contributed by atoms with Gasteiger partial charge in [0.05, 0.1) is 6.61 Å². The van der Waals surface area contributed by atoms with Crippen LogP contribution in [0.3, 0.4) is 0 Å². The number of ether oxygens (including phenoxy) is 2. The van der Waals surface area contributed by atoms with Crippen LogP contribution in [0.25, 0.3) is 0 Å². The SMILES string of the molecule is CCOc1ccc(COC(=O)NCCCO)cc1. The van der Waals surface area contributed by atoms with Crippen molar-refractivity contribution < 1.29 is 19.4 Å². The fourth-order valence-corrected chi connectivity index (χ4v) is 1.32. The highest BCUT2D eigenvalue weighted by molar-refractivity contribution is 5.67. The Labute approximate surface area is 107 Å². The van der Waals surface area contributed by atoms with E-state index in [-0.39, 0.29) is 13.2 Å². The van der Waals surface area contributed by atoms with E-state index < -0.39 is 6.09 Å². The summed E-state index contributed by atoms with van der Waals surface area (Å²) >= 11 is 0. The summed E-state index contributed by atoms with van der Waals surface area (Å²) in [6, 6.07) is 7.38. The van der Waals surface area contributed by atoms with Gasteiger partial charge in [0.25, 0.3) is 0 Å². The lowest BCUT2D eigenvalue weighted by Crippen LogP contribution is -2.25. The number of aliphatic hydroxyl groups excluding tert-OH is 1. The van der Waals surface area contributed by atoms with E-state index in [4.69, 9.17) is 14.6 Å². The Morgan fingerprint density at radius 1 is 1.33 bits per heavy atom. The second-order valence-corrected chi connectivity index (χ2v) is 3.66. The minimum absolute atomic E-state index is 0.0547. The monoisotopic (exact) mass is 253 g/mol. The quantitative estimate of drug-likeness (QED) is 0.726. The zero-order valence-electron chi connectivity index (χ0n) is 10.5. The third-order valence-electron chi connectivity index (χ3n) is 2.21. The van der Waals surface area contributed by atoms with Crippen LogP contribution in [0.4, 0.5) is 4.79 Å². The average molecular weight is 253 g/mol. The summed E-state index contributed by atoms with van der Waals surface area (Å²) in [6.07, 6.45) is 0.0513. The summed E-state index contributed by atoms with van der Waals surface area (Å²) in [7, 11) is 0. The fourth-order valence-electron chi connectivity index (χ4n) is 1.32. The van der Waals surface area contributed by atoms with Crippen LogP contribution in [-0.2, 0) is 11.3 Å². The molecule has 0 saturated carbocycles. The van der Waals surface area contributed by atoms with Crippen molar-refractivity contribution in [3.8, 4) is 5.75 Å². The molecule has 1 rings (SSSR count). The van der Waals surface area contributed by atoms with E-state index >= 15 is 0 Å². The van der Waals surface area contributed by atoms with Crippen molar-refractivity contribution in [2.45, 2.75) is 20.0 Å². The first-order valence-electron chi connectivity index (χ1n) is 5.99. The summed E-state index contributed by atoms with van der Waals surface area (Å²) < 4.78 is 10.3. The van der Waals surface area contributed by atoms with Gasteiger partial charge in [-0.3, -0.25) is 0 Å². The molecule has 1 aromatic carbocycles. The molecular formula is C13H19NO4. The van der Waals surface area contributed by atoms with Crippen LogP contribution in [0.15, 0.2) is 24.3 Å². The zero-order chi connectivity index (χ0) is 13.2. The van der Waals surface area contributed by atoms with Crippen molar-refractivity contribution in [3.63, 3.8) is 0 Å². The molecule has 18 heavy (non-hydrogen) atoms. The average Bonchev–Trinajstić information content (AvgIpc) is 2.39. The standard InChI is InChI=1S/C13H19NO4/c1-2-17-12-6-4-11(5-7-12)10-18-13(16)14-8-3-9-15/h4-7,15H,2-3,8-10H2,1H3,(H,14,16). The van der Waals surface area contributed by atoms with Crippen LogP contribution in [0.1, 0.15) is 18.9 Å². The Balaban J connectivity index is 2.27. The second kappa shape index (κ2) is 8.36. The molecule has 5 nitrogen and oxygen atoms in total. The van der Waals surface area contributed by atoms with Gasteiger partial charge >= 0.3 is 6.09 Å². The first-order chi connectivity index (χ1) is 8.76. The molecule has 0 spiro atoms. The topological polar surface area (TPSA) is 67.8 Å². The molecule has 1 amide bonds. The van der Waals surface area contributed by atoms with Crippen LogP contribution in [0.2, 0.25) is 0 Å². The van der Waals surface area contributed by atoms with E-state index in [2.05, 4.69) is 5.32 Å². The van der Waals surface area contributed by atoms with E-state index in [0.29, 0.717) is 19.6 Å². The summed E-state index contributed by atoms with van der Waals surface area (Å²) in [4.78, 5) is 11.2. The number of benzene rings is 1. The smallest absolute Gasteiger partial charge is 0.407 e. The van der Waals surface area contributed by atoms with Gasteiger partial charge in [-0.2, -0.15) is 0 Å². The number of hydrogen-bond acceptors (Lipinski definition) is 4. The first-order valence-corrected chi connectivity index (χ1v) is 5.99. The molecule has 0 saturated heterocycles. The van der Waals surface area contributed by atoms with E-state index in [0.717, 1.165) is 11.3 Å². The maximum atomic E-state index is 11.2. The molecule has 0 aliphatic heterocycles. The number of carbonyl (C=O) groups excluding carboxylic acids is 1. The van der Waals surface area contributed by atoms with Gasteiger partial charge < -0.3 is 19.9 Å². The zero-order valence-corrected chi connectivity index (χ0v) is 10.5. The molecule has 1 aromatic rings. The number of carbonyl (C=O) groups is 1. The van der Waals surface area contributed by atoms with Crippen LogP contribution < -0.4 is 10.1 Å². The minimum atomic E-state index is -0.475. The van der Waals surface area contributed by atoms with Crippen LogP contribution in [-0.4, -0.2) is 31.0 Å². The molecular weight excluding hydrogens is 234 g/mol. The molecule has 0 heterocycles. The van der Waals surface area contributed by atoms with Crippen LogP contribution in [0.5, 0.6) is 5.75 Å². The van der Waals surface area contributed by atoms with Gasteiger partial charge in [0, 0.05) is 13.2 Å². The number of rotatable bonds is 7. The lowest BCUT2D eigenvalue weighted by molar-refractivity contribution is 0.139. The Morgan fingerprint density at radius 2 is 2.06 bits per heavy atom. The summed E-state index contributed by atoms with van der Waals surface area (Å²) in [6.45, 7) is 3.24.